The molecule has 2 rings (SSSR count). The molecule has 2 aromatic carbocycles. The van der Waals surface area contributed by atoms with E-state index in [4.69, 9.17) is 11.5 Å². The van der Waals surface area contributed by atoms with Crippen LogP contribution in [0.5, 0.6) is 0 Å². The normalized spacial score (nSPS) is 13.0. The number of aryl methyl sites for hydroxylation is 1. The van der Waals surface area contributed by atoms with Gasteiger partial charge in [-0.1, -0.05) is 35.9 Å². The highest BCUT2D eigenvalue weighted by atomic mass is 14.7. The summed E-state index contributed by atoms with van der Waals surface area (Å²) in [6, 6.07) is 12.6. The number of rotatable bonds is 2. The zero-order chi connectivity index (χ0) is 10.8. The Morgan fingerprint density at radius 1 is 1.07 bits per heavy atom. The molecule has 0 aliphatic carbocycles. The molecular weight excluding hydrogens is 184 g/mol. The molecule has 15 heavy (non-hydrogen) atoms. The monoisotopic (exact) mass is 200 g/mol. The minimum absolute atomic E-state index is 0.0595. The molecule has 1 atom stereocenters. The van der Waals surface area contributed by atoms with E-state index in [1.165, 1.54) is 16.3 Å². The summed E-state index contributed by atoms with van der Waals surface area (Å²) in [5, 5.41) is 2.48. The maximum Gasteiger partial charge on any atom is 0.0419 e. The van der Waals surface area contributed by atoms with Gasteiger partial charge in [0.15, 0.2) is 0 Å². The van der Waals surface area contributed by atoms with Crippen molar-refractivity contribution < 1.29 is 0 Å². The van der Waals surface area contributed by atoms with Gasteiger partial charge in [0.25, 0.3) is 0 Å². The zero-order valence-corrected chi connectivity index (χ0v) is 8.90. The Kier molecular flexibility index (Phi) is 2.71. The average molecular weight is 200 g/mol. The second-order valence-corrected chi connectivity index (χ2v) is 3.95. The molecule has 0 radical (unpaired) electrons. The molecule has 0 amide bonds. The summed E-state index contributed by atoms with van der Waals surface area (Å²) in [4.78, 5) is 0. The van der Waals surface area contributed by atoms with Gasteiger partial charge in [-0.15, -0.1) is 0 Å². The molecule has 1 unspecified atom stereocenters. The predicted octanol–water partition coefficient (Wildman–Crippen LogP) is 2.11. The van der Waals surface area contributed by atoms with Crippen molar-refractivity contribution in [3.63, 3.8) is 0 Å². The van der Waals surface area contributed by atoms with E-state index in [1.807, 2.05) is 0 Å². The van der Waals surface area contributed by atoms with Gasteiger partial charge >= 0.3 is 0 Å². The Hall–Kier alpha value is -1.38. The number of fused-ring (bicyclic) bond motifs is 1. The maximum absolute atomic E-state index is 5.89. The second-order valence-electron chi connectivity index (χ2n) is 3.95. The Morgan fingerprint density at radius 2 is 1.73 bits per heavy atom. The topological polar surface area (TPSA) is 52.0 Å². The zero-order valence-electron chi connectivity index (χ0n) is 8.90. The van der Waals surface area contributed by atoms with Gasteiger partial charge in [-0.3, -0.25) is 0 Å². The number of hydrogen-bond donors (Lipinski definition) is 2. The van der Waals surface area contributed by atoms with E-state index >= 15 is 0 Å². The summed E-state index contributed by atoms with van der Waals surface area (Å²) >= 11 is 0. The Balaban J connectivity index is 2.52. The minimum atomic E-state index is -0.0595. The molecule has 2 aromatic rings. The van der Waals surface area contributed by atoms with Crippen molar-refractivity contribution in [3.8, 4) is 0 Å². The molecule has 0 fully saturated rings. The third-order valence-electron chi connectivity index (χ3n) is 2.70. The van der Waals surface area contributed by atoms with Gasteiger partial charge in [0, 0.05) is 12.6 Å². The first-order chi connectivity index (χ1) is 7.20. The summed E-state index contributed by atoms with van der Waals surface area (Å²) in [7, 11) is 0. The first-order valence-electron chi connectivity index (χ1n) is 5.16. The lowest BCUT2D eigenvalue weighted by Crippen LogP contribution is -2.20. The van der Waals surface area contributed by atoms with Crippen LogP contribution in [0.4, 0.5) is 0 Å². The highest BCUT2D eigenvalue weighted by Crippen LogP contribution is 2.20. The summed E-state index contributed by atoms with van der Waals surface area (Å²) in [5.74, 6) is 0. The second kappa shape index (κ2) is 4.01. The van der Waals surface area contributed by atoms with Crippen LogP contribution in [-0.4, -0.2) is 6.54 Å². The van der Waals surface area contributed by atoms with Crippen molar-refractivity contribution in [1.29, 1.82) is 0 Å². The molecule has 0 saturated carbocycles. The lowest BCUT2D eigenvalue weighted by molar-refractivity contribution is 0.738. The summed E-state index contributed by atoms with van der Waals surface area (Å²) < 4.78 is 0. The number of benzene rings is 2. The molecule has 0 saturated heterocycles. The molecule has 78 valence electrons. The summed E-state index contributed by atoms with van der Waals surface area (Å²) in [6.45, 7) is 2.58. The largest absolute Gasteiger partial charge is 0.329 e. The predicted molar refractivity (Wildman–Crippen MR) is 64.7 cm³/mol. The van der Waals surface area contributed by atoms with E-state index in [1.54, 1.807) is 0 Å². The SMILES string of the molecule is Cc1ccc2cc(C(N)CN)ccc2c1. The van der Waals surface area contributed by atoms with Gasteiger partial charge < -0.3 is 11.5 Å². The van der Waals surface area contributed by atoms with Crippen LogP contribution in [0.1, 0.15) is 17.2 Å². The Labute approximate surface area is 89.9 Å². The smallest absolute Gasteiger partial charge is 0.0419 e. The minimum Gasteiger partial charge on any atom is -0.329 e. The maximum atomic E-state index is 5.89. The highest BCUT2D eigenvalue weighted by Gasteiger charge is 2.03. The summed E-state index contributed by atoms with van der Waals surface area (Å²) in [6.07, 6.45) is 0. The van der Waals surface area contributed by atoms with Crippen molar-refractivity contribution in [1.82, 2.24) is 0 Å². The standard InChI is InChI=1S/C13H16N2/c1-9-2-3-11-7-12(13(15)8-14)5-4-10(11)6-9/h2-7,13H,8,14-15H2,1H3. The fourth-order valence-corrected chi connectivity index (χ4v) is 1.75. The van der Waals surface area contributed by atoms with Crippen LogP contribution in [0, 0.1) is 6.92 Å². The van der Waals surface area contributed by atoms with Crippen molar-refractivity contribution in [2.75, 3.05) is 6.54 Å². The number of nitrogens with two attached hydrogens (primary N) is 2. The molecule has 0 bridgehead atoms. The van der Waals surface area contributed by atoms with E-state index in [-0.39, 0.29) is 6.04 Å². The number of hydrogen-bond acceptors (Lipinski definition) is 2. The van der Waals surface area contributed by atoms with E-state index in [2.05, 4.69) is 43.3 Å². The van der Waals surface area contributed by atoms with Crippen LogP contribution in [0.2, 0.25) is 0 Å². The van der Waals surface area contributed by atoms with Crippen LogP contribution in [0.3, 0.4) is 0 Å². The Morgan fingerprint density at radius 3 is 2.47 bits per heavy atom. The molecule has 2 nitrogen and oxygen atoms in total. The lowest BCUT2D eigenvalue weighted by atomic mass is 10.0. The molecule has 0 heterocycles. The van der Waals surface area contributed by atoms with Gasteiger partial charge in [0.1, 0.15) is 0 Å². The summed E-state index contributed by atoms with van der Waals surface area (Å²) in [5.41, 5.74) is 13.8. The van der Waals surface area contributed by atoms with Crippen molar-refractivity contribution in [3.05, 3.63) is 47.5 Å². The van der Waals surface area contributed by atoms with Crippen LogP contribution in [0.15, 0.2) is 36.4 Å². The van der Waals surface area contributed by atoms with Crippen LogP contribution in [0.25, 0.3) is 10.8 Å². The molecule has 0 aromatic heterocycles. The fourth-order valence-electron chi connectivity index (χ4n) is 1.75. The van der Waals surface area contributed by atoms with E-state index < -0.39 is 0 Å². The molecular formula is C13H16N2. The van der Waals surface area contributed by atoms with E-state index in [9.17, 15) is 0 Å². The molecule has 2 heteroatoms. The third kappa shape index (κ3) is 2.01. The highest BCUT2D eigenvalue weighted by molar-refractivity contribution is 5.83. The average Bonchev–Trinajstić information content (AvgIpc) is 2.27. The van der Waals surface area contributed by atoms with Crippen LogP contribution >= 0.6 is 0 Å². The fraction of sp³-hybridized carbons (Fsp3) is 0.231. The first-order valence-corrected chi connectivity index (χ1v) is 5.16. The quantitative estimate of drug-likeness (QED) is 0.780. The first kappa shape index (κ1) is 10.1. The molecule has 0 aliphatic heterocycles. The van der Waals surface area contributed by atoms with Crippen molar-refractivity contribution in [2.24, 2.45) is 11.5 Å². The van der Waals surface area contributed by atoms with Crippen molar-refractivity contribution in [2.45, 2.75) is 13.0 Å². The van der Waals surface area contributed by atoms with Gasteiger partial charge in [0.05, 0.1) is 0 Å². The molecule has 4 N–H and O–H groups in total. The van der Waals surface area contributed by atoms with Gasteiger partial charge in [-0.2, -0.15) is 0 Å². The third-order valence-corrected chi connectivity index (χ3v) is 2.70. The van der Waals surface area contributed by atoms with Gasteiger partial charge in [-0.25, -0.2) is 0 Å². The van der Waals surface area contributed by atoms with E-state index in [0.29, 0.717) is 6.54 Å². The lowest BCUT2D eigenvalue weighted by Gasteiger charge is -2.10. The molecule has 0 aliphatic rings. The van der Waals surface area contributed by atoms with E-state index in [0.717, 1.165) is 5.56 Å². The molecule has 0 spiro atoms. The Bertz CT molecular complexity index is 477. The van der Waals surface area contributed by atoms with Crippen molar-refractivity contribution >= 4 is 10.8 Å². The van der Waals surface area contributed by atoms with Gasteiger partial charge in [0.2, 0.25) is 0 Å². The van der Waals surface area contributed by atoms with Crippen LogP contribution < -0.4 is 11.5 Å². The van der Waals surface area contributed by atoms with Crippen LogP contribution in [-0.2, 0) is 0 Å². The van der Waals surface area contributed by atoms with Gasteiger partial charge in [-0.05, 0) is 29.3 Å².